The summed E-state index contributed by atoms with van der Waals surface area (Å²) in [6.07, 6.45) is -0.863. The topological polar surface area (TPSA) is 60.2 Å². The van der Waals surface area contributed by atoms with Gasteiger partial charge in [0.15, 0.2) is 6.23 Å². The monoisotopic (exact) mass is 255 g/mol. The standard InChI is InChI=1S/C14H13N3O2/c1-19-11-8-6-10(7-9-11)14(18)17-13-5-3-2-4-12(13)15-16-17/h2-9,14,18H,1H3/t14-/m1/s1. The van der Waals surface area contributed by atoms with Crippen LogP contribution < -0.4 is 4.74 Å². The zero-order chi connectivity index (χ0) is 13.2. The molecule has 0 spiro atoms. The van der Waals surface area contributed by atoms with Crippen molar-refractivity contribution < 1.29 is 9.84 Å². The molecule has 1 heterocycles. The van der Waals surface area contributed by atoms with Gasteiger partial charge >= 0.3 is 0 Å². The van der Waals surface area contributed by atoms with Crippen molar-refractivity contribution in [3.8, 4) is 5.75 Å². The van der Waals surface area contributed by atoms with Crippen molar-refractivity contribution in [3.63, 3.8) is 0 Å². The van der Waals surface area contributed by atoms with Gasteiger partial charge in [0.2, 0.25) is 0 Å². The van der Waals surface area contributed by atoms with E-state index in [9.17, 15) is 5.11 Å². The number of aliphatic hydroxyl groups is 1. The second kappa shape index (κ2) is 4.70. The van der Waals surface area contributed by atoms with Gasteiger partial charge in [-0.1, -0.05) is 29.5 Å². The first-order chi connectivity index (χ1) is 9.29. The summed E-state index contributed by atoms with van der Waals surface area (Å²) in [6, 6.07) is 14.7. The molecule has 0 fully saturated rings. The zero-order valence-electron chi connectivity index (χ0n) is 10.4. The normalized spacial score (nSPS) is 12.5. The van der Waals surface area contributed by atoms with E-state index < -0.39 is 6.23 Å². The molecule has 3 aromatic rings. The van der Waals surface area contributed by atoms with E-state index in [4.69, 9.17) is 4.74 Å². The van der Waals surface area contributed by atoms with Crippen molar-refractivity contribution >= 4 is 11.0 Å². The Morgan fingerprint density at radius 3 is 2.58 bits per heavy atom. The Morgan fingerprint density at radius 2 is 1.84 bits per heavy atom. The molecule has 0 aliphatic heterocycles. The SMILES string of the molecule is COc1ccc([C@@H](O)n2nnc3ccccc32)cc1. The minimum Gasteiger partial charge on any atom is -0.497 e. The van der Waals surface area contributed by atoms with Crippen LogP contribution in [0.2, 0.25) is 0 Å². The second-order valence-corrected chi connectivity index (χ2v) is 4.17. The molecule has 1 aromatic heterocycles. The fourth-order valence-electron chi connectivity index (χ4n) is 1.98. The van der Waals surface area contributed by atoms with E-state index in [2.05, 4.69) is 10.3 Å². The van der Waals surface area contributed by atoms with E-state index in [1.54, 1.807) is 31.4 Å². The smallest absolute Gasteiger partial charge is 0.175 e. The van der Waals surface area contributed by atoms with E-state index >= 15 is 0 Å². The Morgan fingerprint density at radius 1 is 1.11 bits per heavy atom. The van der Waals surface area contributed by atoms with Gasteiger partial charge in [-0.25, -0.2) is 4.68 Å². The lowest BCUT2D eigenvalue weighted by Crippen LogP contribution is -2.11. The van der Waals surface area contributed by atoms with Gasteiger partial charge in [0.25, 0.3) is 0 Å². The molecule has 0 aliphatic carbocycles. The molecular weight excluding hydrogens is 242 g/mol. The van der Waals surface area contributed by atoms with Crippen LogP contribution in [0.3, 0.4) is 0 Å². The highest BCUT2D eigenvalue weighted by molar-refractivity contribution is 5.74. The van der Waals surface area contributed by atoms with Gasteiger partial charge in [-0.2, -0.15) is 0 Å². The number of benzene rings is 2. The largest absolute Gasteiger partial charge is 0.497 e. The molecule has 0 amide bonds. The second-order valence-electron chi connectivity index (χ2n) is 4.17. The Kier molecular flexibility index (Phi) is 2.89. The fourth-order valence-corrected chi connectivity index (χ4v) is 1.98. The molecule has 19 heavy (non-hydrogen) atoms. The number of aromatic nitrogens is 3. The molecule has 0 bridgehead atoms. The minimum absolute atomic E-state index is 0.733. The maximum Gasteiger partial charge on any atom is 0.175 e. The van der Waals surface area contributed by atoms with Crippen LogP contribution in [0.5, 0.6) is 5.75 Å². The fraction of sp³-hybridized carbons (Fsp3) is 0.143. The molecule has 96 valence electrons. The molecule has 0 saturated heterocycles. The number of ether oxygens (including phenoxy) is 1. The van der Waals surface area contributed by atoms with E-state index in [1.165, 1.54) is 4.68 Å². The molecule has 2 aromatic carbocycles. The number of para-hydroxylation sites is 1. The van der Waals surface area contributed by atoms with Crippen molar-refractivity contribution in [2.75, 3.05) is 7.11 Å². The first-order valence-corrected chi connectivity index (χ1v) is 5.91. The number of aliphatic hydroxyl groups excluding tert-OH is 1. The van der Waals surface area contributed by atoms with Crippen LogP contribution in [0.25, 0.3) is 11.0 Å². The molecular formula is C14H13N3O2. The van der Waals surface area contributed by atoms with Crippen molar-refractivity contribution in [1.82, 2.24) is 15.0 Å². The number of methoxy groups -OCH3 is 1. The quantitative estimate of drug-likeness (QED) is 0.777. The molecule has 5 nitrogen and oxygen atoms in total. The third kappa shape index (κ3) is 2.04. The summed E-state index contributed by atoms with van der Waals surface area (Å²) in [5.74, 6) is 0.749. The molecule has 3 rings (SSSR count). The summed E-state index contributed by atoms with van der Waals surface area (Å²) in [6.45, 7) is 0. The minimum atomic E-state index is -0.863. The highest BCUT2D eigenvalue weighted by atomic mass is 16.5. The van der Waals surface area contributed by atoms with Gasteiger partial charge in [-0.05, 0) is 24.3 Å². The number of nitrogens with zero attached hydrogens (tertiary/aromatic N) is 3. The van der Waals surface area contributed by atoms with Crippen LogP contribution in [0.4, 0.5) is 0 Å². The average Bonchev–Trinajstić information content (AvgIpc) is 2.90. The summed E-state index contributed by atoms with van der Waals surface area (Å²) in [7, 11) is 1.61. The lowest BCUT2D eigenvalue weighted by atomic mass is 10.2. The highest BCUT2D eigenvalue weighted by Gasteiger charge is 2.14. The van der Waals surface area contributed by atoms with Gasteiger partial charge in [0.1, 0.15) is 11.3 Å². The molecule has 1 atom stereocenters. The Bertz CT molecular complexity index is 691. The molecule has 0 saturated carbocycles. The highest BCUT2D eigenvalue weighted by Crippen LogP contribution is 2.21. The van der Waals surface area contributed by atoms with Crippen LogP contribution >= 0.6 is 0 Å². The van der Waals surface area contributed by atoms with E-state index in [0.29, 0.717) is 0 Å². The summed E-state index contributed by atoms with van der Waals surface area (Å²) in [5, 5.41) is 18.4. The summed E-state index contributed by atoms with van der Waals surface area (Å²) in [4.78, 5) is 0. The van der Waals surface area contributed by atoms with E-state index in [-0.39, 0.29) is 0 Å². The molecule has 0 unspecified atom stereocenters. The van der Waals surface area contributed by atoms with Crippen molar-refractivity contribution in [1.29, 1.82) is 0 Å². The third-order valence-corrected chi connectivity index (χ3v) is 3.02. The lowest BCUT2D eigenvalue weighted by molar-refractivity contribution is 0.134. The van der Waals surface area contributed by atoms with Crippen molar-refractivity contribution in [2.45, 2.75) is 6.23 Å². The van der Waals surface area contributed by atoms with Crippen LogP contribution in [0, 0.1) is 0 Å². The number of hydrogen-bond acceptors (Lipinski definition) is 4. The molecule has 5 heteroatoms. The molecule has 1 N–H and O–H groups in total. The Hall–Kier alpha value is -2.40. The maximum absolute atomic E-state index is 10.4. The zero-order valence-corrected chi connectivity index (χ0v) is 10.4. The number of hydrogen-bond donors (Lipinski definition) is 1. The first-order valence-electron chi connectivity index (χ1n) is 5.91. The van der Waals surface area contributed by atoms with Crippen LogP contribution in [0.1, 0.15) is 11.8 Å². The van der Waals surface area contributed by atoms with Gasteiger partial charge in [0.05, 0.1) is 12.6 Å². The molecule has 0 aliphatic rings. The number of fused-ring (bicyclic) bond motifs is 1. The van der Waals surface area contributed by atoms with Gasteiger partial charge < -0.3 is 9.84 Å². The van der Waals surface area contributed by atoms with Gasteiger partial charge in [0, 0.05) is 5.56 Å². The van der Waals surface area contributed by atoms with E-state index in [1.807, 2.05) is 24.3 Å². The number of rotatable bonds is 3. The predicted octanol–water partition coefficient (Wildman–Crippen LogP) is 1.98. The molecule has 0 radical (unpaired) electrons. The predicted molar refractivity (Wildman–Crippen MR) is 70.9 cm³/mol. The Balaban J connectivity index is 2.00. The summed E-state index contributed by atoms with van der Waals surface area (Å²) >= 11 is 0. The maximum atomic E-state index is 10.4. The van der Waals surface area contributed by atoms with Crippen LogP contribution in [0.15, 0.2) is 48.5 Å². The van der Waals surface area contributed by atoms with Crippen molar-refractivity contribution in [2.24, 2.45) is 0 Å². The van der Waals surface area contributed by atoms with Crippen LogP contribution in [-0.4, -0.2) is 27.2 Å². The Labute approximate surface area is 110 Å². The summed E-state index contributed by atoms with van der Waals surface area (Å²) < 4.78 is 6.59. The van der Waals surface area contributed by atoms with Gasteiger partial charge in [-0.15, -0.1) is 5.10 Å². The van der Waals surface area contributed by atoms with Crippen molar-refractivity contribution in [3.05, 3.63) is 54.1 Å². The lowest BCUT2D eigenvalue weighted by Gasteiger charge is -2.12. The summed E-state index contributed by atoms with van der Waals surface area (Å²) in [5.41, 5.74) is 2.29. The van der Waals surface area contributed by atoms with Crippen LogP contribution in [-0.2, 0) is 0 Å². The average molecular weight is 255 g/mol. The van der Waals surface area contributed by atoms with Gasteiger partial charge in [-0.3, -0.25) is 0 Å². The first kappa shape index (κ1) is 11.7. The third-order valence-electron chi connectivity index (χ3n) is 3.02. The van der Waals surface area contributed by atoms with E-state index in [0.717, 1.165) is 22.3 Å².